The molecule has 4 heteroatoms. The average Bonchev–Trinajstić information content (AvgIpc) is 2.97. The predicted octanol–water partition coefficient (Wildman–Crippen LogP) is 4.64. The van der Waals surface area contributed by atoms with Gasteiger partial charge in [-0.25, -0.2) is 0 Å². The fourth-order valence-electron chi connectivity index (χ4n) is 1.85. The first kappa shape index (κ1) is 13.4. The molecule has 0 fully saturated rings. The third-order valence-electron chi connectivity index (χ3n) is 2.68. The fourth-order valence-corrected chi connectivity index (χ4v) is 2.98. The van der Waals surface area contributed by atoms with Gasteiger partial charge in [0.1, 0.15) is 11.8 Å². The summed E-state index contributed by atoms with van der Waals surface area (Å²) in [6.45, 7) is 5.90. The molecule has 18 heavy (non-hydrogen) atoms. The van der Waals surface area contributed by atoms with E-state index in [1.165, 1.54) is 0 Å². The van der Waals surface area contributed by atoms with Gasteiger partial charge in [-0.05, 0) is 37.6 Å². The summed E-state index contributed by atoms with van der Waals surface area (Å²) < 4.78 is 6.31. The van der Waals surface area contributed by atoms with Gasteiger partial charge in [0.25, 0.3) is 0 Å². The van der Waals surface area contributed by atoms with Gasteiger partial charge in [-0.2, -0.15) is 0 Å². The van der Waals surface area contributed by atoms with Crippen molar-refractivity contribution < 1.29 is 4.42 Å². The lowest BCUT2D eigenvalue weighted by atomic mass is 10.1. The topological polar surface area (TPSA) is 25.2 Å². The Morgan fingerprint density at radius 3 is 2.89 bits per heavy atom. The average molecular weight is 282 g/mol. The highest BCUT2D eigenvalue weighted by molar-refractivity contribution is 7.16. The highest BCUT2D eigenvalue weighted by Crippen LogP contribution is 2.31. The third kappa shape index (κ3) is 3.25. The molecular formula is C14H16ClNOS. The number of rotatable bonds is 6. The summed E-state index contributed by atoms with van der Waals surface area (Å²) in [6, 6.07) is 8.21. The minimum Gasteiger partial charge on any atom is -0.467 e. The summed E-state index contributed by atoms with van der Waals surface area (Å²) >= 11 is 7.58. The van der Waals surface area contributed by atoms with Gasteiger partial charge in [0.05, 0.1) is 10.6 Å². The molecule has 1 N–H and O–H groups in total. The van der Waals surface area contributed by atoms with Crippen LogP contribution in [0.15, 0.2) is 47.6 Å². The quantitative estimate of drug-likeness (QED) is 0.781. The third-order valence-corrected chi connectivity index (χ3v) is 3.97. The molecule has 0 saturated carbocycles. The van der Waals surface area contributed by atoms with Gasteiger partial charge in [-0.15, -0.1) is 17.9 Å². The maximum absolute atomic E-state index is 6.01. The largest absolute Gasteiger partial charge is 0.467 e. The van der Waals surface area contributed by atoms with E-state index < -0.39 is 0 Å². The Morgan fingerprint density at radius 1 is 1.50 bits per heavy atom. The van der Waals surface area contributed by atoms with E-state index in [1.807, 2.05) is 30.3 Å². The van der Waals surface area contributed by atoms with Crippen molar-refractivity contribution >= 4 is 22.9 Å². The van der Waals surface area contributed by atoms with Crippen molar-refractivity contribution in [3.8, 4) is 0 Å². The van der Waals surface area contributed by atoms with Gasteiger partial charge in [0.2, 0.25) is 0 Å². The molecule has 0 radical (unpaired) electrons. The molecule has 96 valence electrons. The number of thiophene rings is 1. The van der Waals surface area contributed by atoms with E-state index in [0.29, 0.717) is 6.04 Å². The number of nitrogens with one attached hydrogen (secondary N) is 1. The monoisotopic (exact) mass is 281 g/mol. The molecule has 2 aromatic heterocycles. The lowest BCUT2D eigenvalue weighted by molar-refractivity contribution is 0.418. The number of halogens is 1. The van der Waals surface area contributed by atoms with E-state index >= 15 is 0 Å². The second kappa shape index (κ2) is 6.23. The van der Waals surface area contributed by atoms with E-state index in [1.54, 1.807) is 17.6 Å². The van der Waals surface area contributed by atoms with E-state index in [2.05, 4.69) is 18.8 Å². The smallest absolute Gasteiger partial charge is 0.126 e. The van der Waals surface area contributed by atoms with Crippen molar-refractivity contribution in [3.63, 3.8) is 0 Å². The lowest BCUT2D eigenvalue weighted by Crippen LogP contribution is -2.30. The van der Waals surface area contributed by atoms with Crippen molar-refractivity contribution in [2.75, 3.05) is 0 Å². The molecule has 0 saturated heterocycles. The number of hydrogen-bond donors (Lipinski definition) is 1. The summed E-state index contributed by atoms with van der Waals surface area (Å²) in [5.41, 5.74) is 0. The van der Waals surface area contributed by atoms with Crippen molar-refractivity contribution in [1.82, 2.24) is 5.32 Å². The summed E-state index contributed by atoms with van der Waals surface area (Å²) in [4.78, 5) is 1.16. The zero-order valence-electron chi connectivity index (χ0n) is 10.2. The fraction of sp³-hybridized carbons (Fsp3) is 0.286. The standard InChI is InChI=1S/C14H16ClNOS/c1-3-5-10(2)16-14(11-6-4-9-17-11)12-7-8-13(15)18-12/h3-4,6-10,14,16H,1,5H2,2H3. The molecule has 2 heterocycles. The van der Waals surface area contributed by atoms with Crippen LogP contribution in [0.25, 0.3) is 0 Å². The molecule has 0 aromatic carbocycles. The van der Waals surface area contributed by atoms with Gasteiger partial charge in [0.15, 0.2) is 0 Å². The molecule has 2 aromatic rings. The Balaban J connectivity index is 2.21. The Labute approximate surface area is 116 Å². The minimum absolute atomic E-state index is 0.0486. The minimum atomic E-state index is 0.0486. The molecule has 0 aliphatic carbocycles. The van der Waals surface area contributed by atoms with Gasteiger partial charge < -0.3 is 9.73 Å². The summed E-state index contributed by atoms with van der Waals surface area (Å²) in [7, 11) is 0. The second-order valence-corrected chi connectivity index (χ2v) is 5.93. The highest BCUT2D eigenvalue weighted by Gasteiger charge is 2.20. The Hall–Kier alpha value is -1.03. The zero-order chi connectivity index (χ0) is 13.0. The van der Waals surface area contributed by atoms with Crippen LogP contribution in [0.5, 0.6) is 0 Å². The Kier molecular flexibility index (Phi) is 4.64. The van der Waals surface area contributed by atoms with Gasteiger partial charge in [-0.3, -0.25) is 0 Å². The van der Waals surface area contributed by atoms with Crippen LogP contribution < -0.4 is 5.32 Å². The predicted molar refractivity (Wildman–Crippen MR) is 77.3 cm³/mol. The van der Waals surface area contributed by atoms with Crippen LogP contribution in [0.1, 0.15) is 30.0 Å². The van der Waals surface area contributed by atoms with E-state index in [4.69, 9.17) is 16.0 Å². The SMILES string of the molecule is C=CCC(C)NC(c1ccco1)c1ccc(Cl)s1. The molecular weight excluding hydrogens is 266 g/mol. The first-order valence-corrected chi connectivity index (χ1v) is 7.05. The van der Waals surface area contributed by atoms with Crippen LogP contribution >= 0.6 is 22.9 Å². The molecule has 0 bridgehead atoms. The molecule has 2 nitrogen and oxygen atoms in total. The van der Waals surface area contributed by atoms with E-state index in [0.717, 1.165) is 21.4 Å². The molecule has 0 aliphatic heterocycles. The van der Waals surface area contributed by atoms with Crippen LogP contribution in [0, 0.1) is 0 Å². The van der Waals surface area contributed by atoms with Crippen molar-refractivity contribution in [3.05, 3.63) is 58.2 Å². The van der Waals surface area contributed by atoms with Crippen LogP contribution in [-0.4, -0.2) is 6.04 Å². The molecule has 0 amide bonds. The molecule has 0 spiro atoms. The second-order valence-electron chi connectivity index (χ2n) is 4.18. The van der Waals surface area contributed by atoms with Crippen LogP contribution in [-0.2, 0) is 0 Å². The molecule has 2 rings (SSSR count). The van der Waals surface area contributed by atoms with Gasteiger partial charge >= 0.3 is 0 Å². The summed E-state index contributed by atoms with van der Waals surface area (Å²) in [5.74, 6) is 0.907. The van der Waals surface area contributed by atoms with Gasteiger partial charge in [0, 0.05) is 10.9 Å². The highest BCUT2D eigenvalue weighted by atomic mass is 35.5. The molecule has 2 atom stereocenters. The van der Waals surface area contributed by atoms with Gasteiger partial charge in [-0.1, -0.05) is 17.7 Å². The summed E-state index contributed by atoms with van der Waals surface area (Å²) in [5, 5.41) is 3.54. The van der Waals surface area contributed by atoms with Crippen LogP contribution in [0.2, 0.25) is 4.34 Å². The van der Waals surface area contributed by atoms with E-state index in [9.17, 15) is 0 Å². The van der Waals surface area contributed by atoms with E-state index in [-0.39, 0.29) is 6.04 Å². The zero-order valence-corrected chi connectivity index (χ0v) is 11.8. The van der Waals surface area contributed by atoms with Crippen molar-refractivity contribution in [2.45, 2.75) is 25.4 Å². The van der Waals surface area contributed by atoms with Crippen molar-refractivity contribution in [2.24, 2.45) is 0 Å². The first-order valence-electron chi connectivity index (χ1n) is 5.86. The normalized spacial score (nSPS) is 14.3. The number of hydrogen-bond acceptors (Lipinski definition) is 3. The Bertz CT molecular complexity index is 492. The lowest BCUT2D eigenvalue weighted by Gasteiger charge is -2.20. The molecule has 0 aliphatic rings. The van der Waals surface area contributed by atoms with Crippen LogP contribution in [0.3, 0.4) is 0 Å². The maximum Gasteiger partial charge on any atom is 0.126 e. The molecule has 2 unspecified atom stereocenters. The number of furan rings is 1. The Morgan fingerprint density at radius 2 is 2.33 bits per heavy atom. The van der Waals surface area contributed by atoms with Crippen molar-refractivity contribution in [1.29, 1.82) is 0 Å². The van der Waals surface area contributed by atoms with Crippen LogP contribution in [0.4, 0.5) is 0 Å². The first-order chi connectivity index (χ1) is 8.70. The summed E-state index contributed by atoms with van der Waals surface area (Å²) in [6.07, 6.45) is 4.52. The maximum atomic E-state index is 6.01.